The maximum absolute atomic E-state index is 6.17. The van der Waals surface area contributed by atoms with E-state index >= 15 is 0 Å². The summed E-state index contributed by atoms with van der Waals surface area (Å²) in [4.78, 5) is 4.89. The zero-order valence-electron chi connectivity index (χ0n) is 22.8. The van der Waals surface area contributed by atoms with Gasteiger partial charge in [0.25, 0.3) is 0 Å². The molecule has 0 unspecified atom stereocenters. The molecule has 0 radical (unpaired) electrons. The predicted molar refractivity (Wildman–Crippen MR) is 159 cm³/mol. The number of benzene rings is 4. The zero-order chi connectivity index (χ0) is 26.3. The molecule has 3 nitrogen and oxygen atoms in total. The Morgan fingerprint density at radius 1 is 0.541 bits per heavy atom. The van der Waals surface area contributed by atoms with Crippen LogP contribution in [0.3, 0.4) is 0 Å². The molecule has 3 heteroatoms. The van der Waals surface area contributed by atoms with E-state index in [4.69, 9.17) is 5.73 Å². The lowest BCUT2D eigenvalue weighted by atomic mass is 9.75. The molecule has 2 N–H and O–H groups in total. The van der Waals surface area contributed by atoms with E-state index in [-0.39, 0.29) is 0 Å². The zero-order valence-corrected chi connectivity index (χ0v) is 22.8. The van der Waals surface area contributed by atoms with Gasteiger partial charge in [-0.3, -0.25) is 4.90 Å². The van der Waals surface area contributed by atoms with Crippen molar-refractivity contribution < 1.29 is 0 Å². The van der Waals surface area contributed by atoms with E-state index in [0.29, 0.717) is 6.54 Å². The molecule has 37 heavy (non-hydrogen) atoms. The minimum absolute atomic E-state index is 0.445. The molecule has 194 valence electrons. The van der Waals surface area contributed by atoms with Gasteiger partial charge in [0.05, 0.1) is 5.54 Å². The summed E-state index contributed by atoms with van der Waals surface area (Å²) in [6.07, 6.45) is 0. The summed E-state index contributed by atoms with van der Waals surface area (Å²) < 4.78 is 0. The number of nitrogens with two attached hydrogens (primary N) is 1. The van der Waals surface area contributed by atoms with Gasteiger partial charge in [-0.25, -0.2) is 0 Å². The second-order valence-electron chi connectivity index (χ2n) is 9.12. The maximum atomic E-state index is 6.17. The monoisotopic (exact) mass is 493 g/mol. The topological polar surface area (TPSA) is 32.5 Å². The largest absolute Gasteiger partial charge is 0.329 e. The van der Waals surface area contributed by atoms with E-state index in [1.165, 1.54) is 41.9 Å². The lowest BCUT2D eigenvalue weighted by Gasteiger charge is -2.46. The molecule has 0 spiro atoms. The lowest BCUT2D eigenvalue weighted by Crippen LogP contribution is -2.49. The highest BCUT2D eigenvalue weighted by molar-refractivity contribution is 5.49. The van der Waals surface area contributed by atoms with Gasteiger partial charge in [-0.05, 0) is 41.9 Å². The molecular formula is C34H43N3. The summed E-state index contributed by atoms with van der Waals surface area (Å²) in [5.74, 6) is 0. The molecular weight excluding hydrogens is 450 g/mol. The van der Waals surface area contributed by atoms with Crippen molar-refractivity contribution in [2.75, 3.05) is 32.7 Å². The molecule has 0 saturated heterocycles. The summed E-state index contributed by atoms with van der Waals surface area (Å²) in [7, 11) is 0. The van der Waals surface area contributed by atoms with Gasteiger partial charge in [-0.15, -0.1) is 0 Å². The van der Waals surface area contributed by atoms with Crippen LogP contribution >= 0.6 is 0 Å². The Labute approximate surface area is 224 Å². The van der Waals surface area contributed by atoms with Gasteiger partial charge < -0.3 is 10.6 Å². The Bertz CT molecular complexity index is 1010. The molecule has 4 aromatic carbocycles. The van der Waals surface area contributed by atoms with E-state index in [2.05, 4.69) is 152 Å². The predicted octanol–water partition coefficient (Wildman–Crippen LogP) is 6.79. The van der Waals surface area contributed by atoms with Gasteiger partial charge in [0.15, 0.2) is 0 Å². The van der Waals surface area contributed by atoms with Gasteiger partial charge >= 0.3 is 0 Å². The molecule has 0 aliphatic rings. The van der Waals surface area contributed by atoms with Crippen LogP contribution in [-0.4, -0.2) is 42.5 Å². The fourth-order valence-electron chi connectivity index (χ4n) is 5.08. The Hall–Kier alpha value is -3.24. The van der Waals surface area contributed by atoms with Crippen LogP contribution in [0.1, 0.15) is 43.0 Å². The summed E-state index contributed by atoms with van der Waals surface area (Å²) in [5, 5.41) is 0. The SMILES string of the molecule is CCN(CC)CC.NCCN(Cc1ccccc1)C(c1ccccc1)(c1ccccc1)c1ccccc1. The second kappa shape index (κ2) is 15.1. The van der Waals surface area contributed by atoms with Crippen molar-refractivity contribution in [1.82, 2.24) is 9.80 Å². The van der Waals surface area contributed by atoms with Crippen molar-refractivity contribution in [1.29, 1.82) is 0 Å². The molecule has 0 atom stereocenters. The van der Waals surface area contributed by atoms with Crippen LogP contribution in [0, 0.1) is 0 Å². The van der Waals surface area contributed by atoms with Crippen LogP contribution in [0.25, 0.3) is 0 Å². The van der Waals surface area contributed by atoms with Crippen LogP contribution in [0.2, 0.25) is 0 Å². The molecule has 0 aromatic heterocycles. The highest BCUT2D eigenvalue weighted by atomic mass is 15.2. The number of hydrogen-bond acceptors (Lipinski definition) is 3. The lowest BCUT2D eigenvalue weighted by molar-refractivity contribution is 0.152. The van der Waals surface area contributed by atoms with Crippen LogP contribution in [0.15, 0.2) is 121 Å². The van der Waals surface area contributed by atoms with Gasteiger partial charge in [-0.1, -0.05) is 142 Å². The van der Waals surface area contributed by atoms with Crippen LogP contribution in [-0.2, 0) is 12.1 Å². The standard InChI is InChI=1S/C28H28N2.C6H15N/c29-21-22-30(23-24-13-5-1-6-14-24)28(25-15-7-2-8-16-25,26-17-9-3-10-18-26)27-19-11-4-12-20-27;1-4-7(5-2)6-3/h1-20H,21-23,29H2;4-6H2,1-3H3. The summed E-state index contributed by atoms with van der Waals surface area (Å²) in [5.41, 5.74) is 10.7. The summed E-state index contributed by atoms with van der Waals surface area (Å²) >= 11 is 0. The molecule has 4 rings (SSSR count). The van der Waals surface area contributed by atoms with Crippen molar-refractivity contribution in [3.8, 4) is 0 Å². The van der Waals surface area contributed by atoms with Crippen molar-refractivity contribution in [3.05, 3.63) is 144 Å². The molecule has 0 saturated carbocycles. The van der Waals surface area contributed by atoms with Crippen LogP contribution in [0.5, 0.6) is 0 Å². The third-order valence-corrected chi connectivity index (χ3v) is 7.01. The van der Waals surface area contributed by atoms with Crippen LogP contribution in [0.4, 0.5) is 0 Å². The van der Waals surface area contributed by atoms with Crippen molar-refractivity contribution in [2.45, 2.75) is 32.9 Å². The van der Waals surface area contributed by atoms with Gasteiger partial charge in [0, 0.05) is 19.6 Å². The van der Waals surface area contributed by atoms with E-state index < -0.39 is 5.54 Å². The first kappa shape index (κ1) is 28.3. The summed E-state index contributed by atoms with van der Waals surface area (Å²) in [6, 6.07) is 43.0. The van der Waals surface area contributed by atoms with Gasteiger partial charge in [0.1, 0.15) is 0 Å². The first-order valence-corrected chi connectivity index (χ1v) is 13.6. The minimum atomic E-state index is -0.445. The van der Waals surface area contributed by atoms with E-state index in [1.807, 2.05) is 0 Å². The van der Waals surface area contributed by atoms with Crippen molar-refractivity contribution >= 4 is 0 Å². The highest BCUT2D eigenvalue weighted by Crippen LogP contribution is 2.43. The molecule has 0 amide bonds. The molecule has 0 heterocycles. The normalized spacial score (nSPS) is 11.3. The van der Waals surface area contributed by atoms with E-state index in [0.717, 1.165) is 13.1 Å². The molecule has 4 aromatic rings. The number of nitrogens with zero attached hydrogens (tertiary/aromatic N) is 2. The van der Waals surface area contributed by atoms with Crippen molar-refractivity contribution in [3.63, 3.8) is 0 Å². The Morgan fingerprint density at radius 2 is 0.892 bits per heavy atom. The number of rotatable bonds is 11. The minimum Gasteiger partial charge on any atom is -0.329 e. The Kier molecular flexibility index (Phi) is 11.6. The molecule has 0 aliphatic carbocycles. The van der Waals surface area contributed by atoms with Gasteiger partial charge in [0.2, 0.25) is 0 Å². The van der Waals surface area contributed by atoms with E-state index in [1.54, 1.807) is 0 Å². The van der Waals surface area contributed by atoms with Crippen LogP contribution < -0.4 is 5.73 Å². The average Bonchev–Trinajstić information content (AvgIpc) is 2.97. The third kappa shape index (κ3) is 7.17. The number of hydrogen-bond donors (Lipinski definition) is 1. The fourth-order valence-corrected chi connectivity index (χ4v) is 5.08. The van der Waals surface area contributed by atoms with E-state index in [9.17, 15) is 0 Å². The Morgan fingerprint density at radius 3 is 1.19 bits per heavy atom. The molecule has 0 fully saturated rings. The maximum Gasteiger partial charge on any atom is 0.0976 e. The van der Waals surface area contributed by atoms with Gasteiger partial charge in [-0.2, -0.15) is 0 Å². The first-order chi connectivity index (χ1) is 18.2. The first-order valence-electron chi connectivity index (χ1n) is 13.6. The highest BCUT2D eigenvalue weighted by Gasteiger charge is 2.41. The fraction of sp³-hybridized carbons (Fsp3) is 0.294. The quantitative estimate of drug-likeness (QED) is 0.234. The summed E-state index contributed by atoms with van der Waals surface area (Å²) in [6.45, 7) is 12.3. The molecule has 0 bridgehead atoms. The smallest absolute Gasteiger partial charge is 0.0976 e. The second-order valence-corrected chi connectivity index (χ2v) is 9.12. The van der Waals surface area contributed by atoms with Crippen molar-refractivity contribution in [2.24, 2.45) is 5.73 Å². The third-order valence-electron chi connectivity index (χ3n) is 7.01. The average molecular weight is 494 g/mol. The Balaban J connectivity index is 0.000000479. The molecule has 0 aliphatic heterocycles.